The Hall–Kier alpha value is -0.960. The predicted molar refractivity (Wildman–Crippen MR) is 67.0 cm³/mol. The Morgan fingerprint density at radius 1 is 1.06 bits per heavy atom. The minimum absolute atomic E-state index is 0.270. The van der Waals surface area contributed by atoms with Crippen LogP contribution in [0.1, 0.15) is 32.3 Å². The summed E-state index contributed by atoms with van der Waals surface area (Å²) in [5.41, 5.74) is 0.716. The fraction of sp³-hybridized carbons (Fsp3) is 0.571. The minimum atomic E-state index is -0.501. The smallest absolute Gasteiger partial charge is 0.126 e. The maximum atomic E-state index is 13.1. The van der Waals surface area contributed by atoms with Gasteiger partial charge in [-0.1, -0.05) is 26.7 Å². The molecule has 17 heavy (non-hydrogen) atoms. The SMILES string of the molecule is CCC(CC)C(Cc1cc(F)cc(F)c1)NC. The summed E-state index contributed by atoms with van der Waals surface area (Å²) < 4.78 is 26.2. The van der Waals surface area contributed by atoms with E-state index in [4.69, 9.17) is 0 Å². The third kappa shape index (κ3) is 4.08. The second kappa shape index (κ2) is 6.70. The first-order chi connectivity index (χ1) is 8.10. The van der Waals surface area contributed by atoms with Crippen molar-refractivity contribution in [3.63, 3.8) is 0 Å². The molecule has 0 amide bonds. The molecule has 0 aromatic heterocycles. The lowest BCUT2D eigenvalue weighted by Crippen LogP contribution is -2.35. The minimum Gasteiger partial charge on any atom is -0.316 e. The van der Waals surface area contributed by atoms with Gasteiger partial charge in [-0.15, -0.1) is 0 Å². The van der Waals surface area contributed by atoms with Gasteiger partial charge in [0, 0.05) is 12.1 Å². The highest BCUT2D eigenvalue weighted by molar-refractivity contribution is 5.19. The molecule has 1 atom stereocenters. The quantitative estimate of drug-likeness (QED) is 0.803. The van der Waals surface area contributed by atoms with Crippen molar-refractivity contribution in [1.29, 1.82) is 0 Å². The number of halogens is 2. The highest BCUT2D eigenvalue weighted by atomic mass is 19.1. The third-order valence-electron chi connectivity index (χ3n) is 3.37. The lowest BCUT2D eigenvalue weighted by Gasteiger charge is -2.25. The molecule has 0 radical (unpaired) electrons. The van der Waals surface area contributed by atoms with E-state index in [1.54, 1.807) is 0 Å². The first kappa shape index (κ1) is 14.1. The lowest BCUT2D eigenvalue weighted by molar-refractivity contribution is 0.348. The van der Waals surface area contributed by atoms with Crippen LogP contribution in [0.15, 0.2) is 18.2 Å². The van der Waals surface area contributed by atoms with Crippen molar-refractivity contribution in [2.75, 3.05) is 7.05 Å². The van der Waals surface area contributed by atoms with Crippen LogP contribution in [0.3, 0.4) is 0 Å². The molecule has 1 N–H and O–H groups in total. The van der Waals surface area contributed by atoms with Crippen molar-refractivity contribution < 1.29 is 8.78 Å². The summed E-state index contributed by atoms with van der Waals surface area (Å²) in [7, 11) is 1.90. The number of nitrogens with one attached hydrogen (secondary N) is 1. The maximum absolute atomic E-state index is 13.1. The number of hydrogen-bond acceptors (Lipinski definition) is 1. The van der Waals surface area contributed by atoms with Gasteiger partial charge in [-0.2, -0.15) is 0 Å². The van der Waals surface area contributed by atoms with E-state index in [0.717, 1.165) is 18.9 Å². The van der Waals surface area contributed by atoms with Crippen molar-refractivity contribution >= 4 is 0 Å². The normalized spacial score (nSPS) is 13.1. The zero-order chi connectivity index (χ0) is 12.8. The molecule has 0 fully saturated rings. The number of likely N-dealkylation sites (N-methyl/N-ethyl adjacent to an activating group) is 1. The standard InChI is InChI=1S/C14H21F2N/c1-4-11(5-2)14(17-3)8-10-6-12(15)9-13(16)7-10/h6-7,9,11,14,17H,4-5,8H2,1-3H3. The molecular weight excluding hydrogens is 220 g/mol. The molecule has 0 aliphatic heterocycles. The Morgan fingerprint density at radius 2 is 1.59 bits per heavy atom. The molecule has 96 valence electrons. The van der Waals surface area contributed by atoms with Crippen LogP contribution in [0.2, 0.25) is 0 Å². The second-order valence-electron chi connectivity index (χ2n) is 4.45. The van der Waals surface area contributed by atoms with Gasteiger partial charge >= 0.3 is 0 Å². The van der Waals surface area contributed by atoms with Gasteiger partial charge < -0.3 is 5.32 Å². The van der Waals surface area contributed by atoms with E-state index >= 15 is 0 Å². The maximum Gasteiger partial charge on any atom is 0.126 e. The van der Waals surface area contributed by atoms with Crippen LogP contribution in [0.5, 0.6) is 0 Å². The topological polar surface area (TPSA) is 12.0 Å². The summed E-state index contributed by atoms with van der Waals surface area (Å²) >= 11 is 0. The van der Waals surface area contributed by atoms with Crippen LogP contribution in [-0.4, -0.2) is 13.1 Å². The van der Waals surface area contributed by atoms with Crippen LogP contribution in [0.4, 0.5) is 8.78 Å². The monoisotopic (exact) mass is 241 g/mol. The van der Waals surface area contributed by atoms with E-state index < -0.39 is 11.6 Å². The summed E-state index contributed by atoms with van der Waals surface area (Å²) in [4.78, 5) is 0. The highest BCUT2D eigenvalue weighted by Gasteiger charge is 2.17. The first-order valence-corrected chi connectivity index (χ1v) is 6.22. The summed E-state index contributed by atoms with van der Waals surface area (Å²) in [5, 5.41) is 3.25. The van der Waals surface area contributed by atoms with Crippen molar-refractivity contribution in [2.45, 2.75) is 39.2 Å². The van der Waals surface area contributed by atoms with E-state index in [1.165, 1.54) is 12.1 Å². The van der Waals surface area contributed by atoms with Crippen LogP contribution in [0, 0.1) is 17.6 Å². The highest BCUT2D eigenvalue weighted by Crippen LogP contribution is 2.18. The van der Waals surface area contributed by atoms with E-state index in [2.05, 4.69) is 19.2 Å². The molecule has 1 aromatic rings. The Bertz CT molecular complexity index is 328. The summed E-state index contributed by atoms with van der Waals surface area (Å²) in [5.74, 6) is -0.467. The van der Waals surface area contributed by atoms with E-state index in [1.807, 2.05) is 7.05 Å². The van der Waals surface area contributed by atoms with Crippen LogP contribution < -0.4 is 5.32 Å². The Balaban J connectivity index is 2.79. The van der Waals surface area contributed by atoms with Crippen LogP contribution in [0.25, 0.3) is 0 Å². The van der Waals surface area contributed by atoms with Crippen molar-refractivity contribution in [3.8, 4) is 0 Å². The molecule has 0 saturated carbocycles. The third-order valence-corrected chi connectivity index (χ3v) is 3.37. The first-order valence-electron chi connectivity index (χ1n) is 6.22. The number of benzene rings is 1. The van der Waals surface area contributed by atoms with Crippen molar-refractivity contribution in [3.05, 3.63) is 35.4 Å². The Labute approximate surface area is 102 Å². The molecule has 0 spiro atoms. The fourth-order valence-electron chi connectivity index (χ4n) is 2.34. The molecule has 1 unspecified atom stereocenters. The van der Waals surface area contributed by atoms with Gasteiger partial charge in [-0.25, -0.2) is 8.78 Å². The predicted octanol–water partition coefficient (Wildman–Crippen LogP) is 3.53. The lowest BCUT2D eigenvalue weighted by atomic mass is 9.89. The molecule has 0 saturated heterocycles. The van der Waals surface area contributed by atoms with E-state index in [0.29, 0.717) is 17.9 Å². The number of rotatable bonds is 6. The van der Waals surface area contributed by atoms with E-state index in [-0.39, 0.29) is 6.04 Å². The molecular formula is C14H21F2N. The van der Waals surface area contributed by atoms with Crippen LogP contribution >= 0.6 is 0 Å². The zero-order valence-corrected chi connectivity index (χ0v) is 10.8. The molecule has 0 bridgehead atoms. The average Bonchev–Trinajstić information content (AvgIpc) is 2.27. The molecule has 1 rings (SSSR count). The van der Waals surface area contributed by atoms with Crippen LogP contribution in [-0.2, 0) is 6.42 Å². The van der Waals surface area contributed by atoms with Crippen molar-refractivity contribution in [1.82, 2.24) is 5.32 Å². The summed E-state index contributed by atoms with van der Waals surface area (Å²) in [6.07, 6.45) is 2.80. The van der Waals surface area contributed by atoms with Gasteiger partial charge in [0.25, 0.3) is 0 Å². The fourth-order valence-corrected chi connectivity index (χ4v) is 2.34. The Kier molecular flexibility index (Phi) is 5.56. The molecule has 1 aromatic carbocycles. The van der Waals surface area contributed by atoms with Gasteiger partial charge in [0.2, 0.25) is 0 Å². The Morgan fingerprint density at radius 3 is 2.00 bits per heavy atom. The van der Waals surface area contributed by atoms with Gasteiger partial charge in [-0.05, 0) is 37.1 Å². The number of hydrogen-bond donors (Lipinski definition) is 1. The molecule has 3 heteroatoms. The average molecular weight is 241 g/mol. The van der Waals surface area contributed by atoms with Gasteiger partial charge in [-0.3, -0.25) is 0 Å². The molecule has 0 heterocycles. The zero-order valence-electron chi connectivity index (χ0n) is 10.8. The molecule has 0 aliphatic rings. The molecule has 0 aliphatic carbocycles. The van der Waals surface area contributed by atoms with Gasteiger partial charge in [0.15, 0.2) is 0 Å². The van der Waals surface area contributed by atoms with E-state index in [9.17, 15) is 8.78 Å². The molecule has 1 nitrogen and oxygen atoms in total. The summed E-state index contributed by atoms with van der Waals surface area (Å²) in [6.45, 7) is 4.29. The largest absolute Gasteiger partial charge is 0.316 e. The van der Waals surface area contributed by atoms with Crippen molar-refractivity contribution in [2.24, 2.45) is 5.92 Å². The second-order valence-corrected chi connectivity index (χ2v) is 4.45. The van der Waals surface area contributed by atoms with Gasteiger partial charge in [0.05, 0.1) is 0 Å². The van der Waals surface area contributed by atoms with Gasteiger partial charge in [0.1, 0.15) is 11.6 Å². The summed E-state index contributed by atoms with van der Waals surface area (Å²) in [6, 6.07) is 4.01.